The minimum Gasteiger partial charge on any atom is -0.286 e. The van der Waals surface area contributed by atoms with Gasteiger partial charge in [-0.2, -0.15) is 5.26 Å². The number of hydrogen-bond acceptors (Lipinski definition) is 2. The van der Waals surface area contributed by atoms with E-state index in [0.29, 0.717) is 11.4 Å². The number of H-pyrrole nitrogens is 1. The monoisotopic (exact) mass is 328 g/mol. The van der Waals surface area contributed by atoms with Crippen LogP contribution >= 0.6 is 15.9 Å². The third-order valence-electron chi connectivity index (χ3n) is 3.80. The third kappa shape index (κ3) is 2.19. The lowest BCUT2D eigenvalue weighted by Gasteiger charge is -2.18. The number of aromatic nitrogens is 1. The summed E-state index contributed by atoms with van der Waals surface area (Å²) in [5.41, 5.74) is 11.1. The van der Waals surface area contributed by atoms with Crippen molar-refractivity contribution in [1.29, 1.82) is 5.26 Å². The minimum atomic E-state index is 0.475. The van der Waals surface area contributed by atoms with Crippen LogP contribution in [0.2, 0.25) is 0 Å². The maximum absolute atomic E-state index is 9.47. The molecule has 1 aromatic carbocycles. The molecule has 4 heteroatoms. The van der Waals surface area contributed by atoms with Gasteiger partial charge in [0.1, 0.15) is 17.3 Å². The van der Waals surface area contributed by atoms with Crippen LogP contribution in [0.1, 0.15) is 29.7 Å². The van der Waals surface area contributed by atoms with Crippen molar-refractivity contribution in [3.05, 3.63) is 45.6 Å². The van der Waals surface area contributed by atoms with Gasteiger partial charge in [0, 0.05) is 22.0 Å². The van der Waals surface area contributed by atoms with Gasteiger partial charge in [0.25, 0.3) is 5.82 Å². The molecule has 0 radical (unpaired) electrons. The highest BCUT2D eigenvalue weighted by molar-refractivity contribution is 9.10. The van der Waals surface area contributed by atoms with Crippen molar-refractivity contribution < 1.29 is 4.98 Å². The van der Waals surface area contributed by atoms with Gasteiger partial charge in [0.2, 0.25) is 0 Å². The number of aryl methyl sites for hydroxylation is 1. The van der Waals surface area contributed by atoms with E-state index in [1.165, 1.54) is 17.7 Å². The molecule has 2 aromatic rings. The van der Waals surface area contributed by atoms with Crippen molar-refractivity contribution in [3.8, 4) is 17.2 Å². The molecule has 0 amide bonds. The Morgan fingerprint density at radius 1 is 1.25 bits per heavy atom. The number of halogens is 1. The van der Waals surface area contributed by atoms with E-state index in [9.17, 15) is 5.26 Å². The van der Waals surface area contributed by atoms with Gasteiger partial charge in [-0.25, -0.2) is 4.98 Å². The molecule has 0 unspecified atom stereocenters. The second kappa shape index (κ2) is 5.26. The number of nitrogens with zero attached hydrogens (tertiary/aromatic N) is 1. The van der Waals surface area contributed by atoms with E-state index in [1.54, 1.807) is 0 Å². The van der Waals surface area contributed by atoms with Gasteiger partial charge in [-0.15, -0.1) is 0 Å². The smallest absolute Gasteiger partial charge is 0.286 e. The van der Waals surface area contributed by atoms with E-state index < -0.39 is 0 Å². The summed E-state index contributed by atoms with van der Waals surface area (Å²) in [6.07, 6.45) is 4.35. The molecular formula is C16H15BrN3+. The number of nitriles is 1. The first-order valence-corrected chi connectivity index (χ1v) is 7.52. The number of nitrogens with one attached hydrogen (secondary N) is 1. The van der Waals surface area contributed by atoms with E-state index in [1.807, 2.05) is 24.3 Å². The molecule has 3 nitrogen and oxygen atoms in total. The fourth-order valence-electron chi connectivity index (χ4n) is 2.91. The lowest BCUT2D eigenvalue weighted by Crippen LogP contribution is -2.24. The number of nitrogen functional groups attached to an aromatic ring is 1. The molecule has 3 rings (SSSR count). The summed E-state index contributed by atoms with van der Waals surface area (Å²) >= 11 is 3.50. The Kier molecular flexibility index (Phi) is 3.45. The molecule has 0 saturated heterocycles. The number of nitrogens with two attached hydrogens (primary N) is 1. The summed E-state index contributed by atoms with van der Waals surface area (Å²) in [6, 6.07) is 10.3. The van der Waals surface area contributed by atoms with Crippen LogP contribution in [0.25, 0.3) is 11.1 Å². The number of pyridine rings is 1. The molecule has 0 spiro atoms. The number of aromatic amines is 1. The average molecular weight is 329 g/mol. The molecule has 0 aliphatic heterocycles. The Bertz CT molecular complexity index is 716. The van der Waals surface area contributed by atoms with Crippen molar-refractivity contribution in [2.24, 2.45) is 0 Å². The molecule has 3 N–H and O–H groups in total. The zero-order valence-electron chi connectivity index (χ0n) is 11.0. The van der Waals surface area contributed by atoms with E-state index in [0.717, 1.165) is 34.9 Å². The summed E-state index contributed by atoms with van der Waals surface area (Å²) in [5, 5.41) is 9.47. The van der Waals surface area contributed by atoms with E-state index in [2.05, 4.69) is 27.0 Å². The van der Waals surface area contributed by atoms with Crippen LogP contribution in [-0.2, 0) is 12.8 Å². The second-order valence-corrected chi connectivity index (χ2v) is 5.99. The predicted octanol–water partition coefficient (Wildman–Crippen LogP) is 3.26. The number of anilines is 1. The molecule has 100 valence electrons. The maximum atomic E-state index is 9.47. The number of benzene rings is 1. The van der Waals surface area contributed by atoms with Gasteiger partial charge in [0.15, 0.2) is 0 Å². The largest absolute Gasteiger partial charge is 0.289 e. The van der Waals surface area contributed by atoms with Gasteiger partial charge in [-0.1, -0.05) is 28.1 Å². The maximum Gasteiger partial charge on any atom is 0.289 e. The van der Waals surface area contributed by atoms with Crippen LogP contribution in [-0.4, -0.2) is 0 Å². The van der Waals surface area contributed by atoms with Crippen molar-refractivity contribution >= 4 is 21.7 Å². The van der Waals surface area contributed by atoms with E-state index >= 15 is 0 Å². The Hall–Kier alpha value is -1.86. The van der Waals surface area contributed by atoms with Crippen molar-refractivity contribution in [1.82, 2.24) is 0 Å². The molecule has 1 aliphatic rings. The van der Waals surface area contributed by atoms with Gasteiger partial charge >= 0.3 is 0 Å². The highest BCUT2D eigenvalue weighted by Gasteiger charge is 2.24. The molecule has 1 heterocycles. The molecular weight excluding hydrogens is 314 g/mol. The van der Waals surface area contributed by atoms with Gasteiger partial charge in [-0.05, 0) is 37.0 Å². The van der Waals surface area contributed by atoms with Crippen LogP contribution < -0.4 is 10.7 Å². The first kappa shape index (κ1) is 13.1. The zero-order valence-corrected chi connectivity index (χ0v) is 12.6. The molecule has 20 heavy (non-hydrogen) atoms. The van der Waals surface area contributed by atoms with Crippen LogP contribution in [0.5, 0.6) is 0 Å². The molecule has 1 aliphatic carbocycles. The highest BCUT2D eigenvalue weighted by Crippen LogP contribution is 2.35. The number of hydrogen-bond donors (Lipinski definition) is 1. The fraction of sp³-hybridized carbons (Fsp3) is 0.250. The van der Waals surface area contributed by atoms with Crippen LogP contribution in [0.15, 0.2) is 28.7 Å². The lowest BCUT2D eigenvalue weighted by atomic mass is 9.87. The van der Waals surface area contributed by atoms with Crippen LogP contribution in [0.4, 0.5) is 5.82 Å². The zero-order chi connectivity index (χ0) is 14.1. The topological polar surface area (TPSA) is 64.0 Å². The minimum absolute atomic E-state index is 0.475. The van der Waals surface area contributed by atoms with E-state index in [4.69, 9.17) is 5.73 Å². The number of fused-ring (bicyclic) bond motifs is 1. The Morgan fingerprint density at radius 3 is 2.80 bits per heavy atom. The Balaban J connectivity index is 2.32. The summed E-state index contributed by atoms with van der Waals surface area (Å²) in [5.74, 6) is 0.475. The summed E-state index contributed by atoms with van der Waals surface area (Å²) in [7, 11) is 0. The SMILES string of the molecule is N#Cc1c(N)[nH+]c2c(c1-c1cccc(Br)c1)CCCC2. The average Bonchev–Trinajstić information content (AvgIpc) is 2.45. The van der Waals surface area contributed by atoms with E-state index in [-0.39, 0.29) is 0 Å². The normalized spacial score (nSPS) is 13.6. The molecule has 0 atom stereocenters. The Morgan fingerprint density at radius 2 is 2.05 bits per heavy atom. The lowest BCUT2D eigenvalue weighted by molar-refractivity contribution is -0.374. The van der Waals surface area contributed by atoms with Crippen molar-refractivity contribution in [2.75, 3.05) is 5.73 Å². The first-order valence-electron chi connectivity index (χ1n) is 6.73. The molecule has 0 fully saturated rings. The quantitative estimate of drug-likeness (QED) is 0.873. The number of rotatable bonds is 1. The third-order valence-corrected chi connectivity index (χ3v) is 4.29. The highest BCUT2D eigenvalue weighted by atomic mass is 79.9. The standard InChI is InChI=1S/C16H14BrN3/c17-11-5-3-4-10(8-11)15-12-6-1-2-7-14(12)20-16(19)13(15)9-18/h3-5,8H,1-2,6-7H2,(H2,19,20)/p+1. The van der Waals surface area contributed by atoms with Crippen LogP contribution in [0.3, 0.4) is 0 Å². The molecule has 0 bridgehead atoms. The van der Waals surface area contributed by atoms with Gasteiger partial charge in [0.05, 0.1) is 0 Å². The molecule has 0 saturated carbocycles. The van der Waals surface area contributed by atoms with Crippen molar-refractivity contribution in [2.45, 2.75) is 25.7 Å². The van der Waals surface area contributed by atoms with Crippen molar-refractivity contribution in [3.63, 3.8) is 0 Å². The summed E-state index contributed by atoms with van der Waals surface area (Å²) in [4.78, 5) is 3.22. The first-order chi connectivity index (χ1) is 9.70. The summed E-state index contributed by atoms with van der Waals surface area (Å²) in [6.45, 7) is 0. The van der Waals surface area contributed by atoms with Crippen LogP contribution in [0, 0.1) is 11.3 Å². The fourth-order valence-corrected chi connectivity index (χ4v) is 3.31. The predicted molar refractivity (Wildman–Crippen MR) is 81.9 cm³/mol. The second-order valence-electron chi connectivity index (χ2n) is 5.08. The van der Waals surface area contributed by atoms with Gasteiger partial charge in [-0.3, -0.25) is 5.73 Å². The Labute approximate surface area is 126 Å². The molecule has 1 aromatic heterocycles. The van der Waals surface area contributed by atoms with Gasteiger partial charge < -0.3 is 0 Å². The summed E-state index contributed by atoms with van der Waals surface area (Å²) < 4.78 is 1.01.